The molecule has 1 aromatic rings. The minimum Gasteiger partial charge on any atom is -0.341 e. The minimum atomic E-state index is -0.266. The molecule has 0 spiro atoms. The summed E-state index contributed by atoms with van der Waals surface area (Å²) in [5.41, 5.74) is 0. The van der Waals surface area contributed by atoms with E-state index < -0.39 is 0 Å². The Morgan fingerprint density at radius 2 is 2.05 bits per heavy atom. The lowest BCUT2D eigenvalue weighted by molar-refractivity contribution is -0.133. The van der Waals surface area contributed by atoms with Crippen LogP contribution in [-0.4, -0.2) is 52.4 Å². The summed E-state index contributed by atoms with van der Waals surface area (Å²) in [6, 6.07) is 3.43. The van der Waals surface area contributed by atoms with Gasteiger partial charge in [-0.2, -0.15) is 0 Å². The summed E-state index contributed by atoms with van der Waals surface area (Å²) in [5.74, 6) is 1.48. The first-order chi connectivity index (χ1) is 9.27. The highest BCUT2D eigenvalue weighted by atomic mass is 32.2. The lowest BCUT2D eigenvalue weighted by atomic mass is 10.2. The van der Waals surface area contributed by atoms with Crippen LogP contribution in [0.25, 0.3) is 0 Å². The molecular weight excluding hydrogens is 280 g/mol. The van der Waals surface area contributed by atoms with Crippen LogP contribution in [0.1, 0.15) is 22.5 Å². The van der Waals surface area contributed by atoms with Gasteiger partial charge in [-0.15, -0.1) is 23.1 Å². The molecule has 2 amide bonds. The molecule has 0 bridgehead atoms. The SMILES string of the molecule is O=C(C1CSCN1C(=O)c1cccs1)N1CCCC1. The summed E-state index contributed by atoms with van der Waals surface area (Å²) in [6.07, 6.45) is 2.18. The molecule has 1 atom stereocenters. The quantitative estimate of drug-likeness (QED) is 0.837. The monoisotopic (exact) mass is 296 g/mol. The van der Waals surface area contributed by atoms with Crippen molar-refractivity contribution >= 4 is 34.9 Å². The van der Waals surface area contributed by atoms with E-state index in [4.69, 9.17) is 0 Å². The van der Waals surface area contributed by atoms with Gasteiger partial charge in [-0.3, -0.25) is 9.59 Å². The minimum absolute atomic E-state index is 0.00227. The number of rotatable bonds is 2. The Labute approximate surface area is 120 Å². The van der Waals surface area contributed by atoms with Crippen LogP contribution in [-0.2, 0) is 4.79 Å². The molecule has 1 aromatic heterocycles. The van der Waals surface area contributed by atoms with E-state index >= 15 is 0 Å². The highest BCUT2D eigenvalue weighted by molar-refractivity contribution is 7.99. The maximum absolute atomic E-state index is 12.5. The van der Waals surface area contributed by atoms with Crippen LogP contribution < -0.4 is 0 Å². The first-order valence-corrected chi connectivity index (χ1v) is 8.52. The molecule has 6 heteroatoms. The van der Waals surface area contributed by atoms with Crippen molar-refractivity contribution < 1.29 is 9.59 Å². The highest BCUT2D eigenvalue weighted by Crippen LogP contribution is 2.26. The fourth-order valence-corrected chi connectivity index (χ4v) is 4.36. The molecule has 0 aromatic carbocycles. The maximum atomic E-state index is 12.5. The maximum Gasteiger partial charge on any atom is 0.265 e. The van der Waals surface area contributed by atoms with Gasteiger partial charge < -0.3 is 9.80 Å². The van der Waals surface area contributed by atoms with Crippen molar-refractivity contribution in [1.29, 1.82) is 0 Å². The van der Waals surface area contributed by atoms with Crippen LogP contribution in [0.3, 0.4) is 0 Å². The van der Waals surface area contributed by atoms with Gasteiger partial charge in [0.05, 0.1) is 10.8 Å². The smallest absolute Gasteiger partial charge is 0.265 e. The molecule has 2 aliphatic rings. The van der Waals surface area contributed by atoms with Gasteiger partial charge in [-0.1, -0.05) is 6.07 Å². The first-order valence-electron chi connectivity index (χ1n) is 6.48. The van der Waals surface area contributed by atoms with E-state index in [1.54, 1.807) is 16.7 Å². The third kappa shape index (κ3) is 2.51. The van der Waals surface area contributed by atoms with E-state index in [1.807, 2.05) is 22.4 Å². The zero-order valence-electron chi connectivity index (χ0n) is 10.6. The summed E-state index contributed by atoms with van der Waals surface area (Å²) < 4.78 is 0. The third-order valence-electron chi connectivity index (χ3n) is 3.58. The van der Waals surface area contributed by atoms with Crippen molar-refractivity contribution in [3.8, 4) is 0 Å². The molecule has 19 heavy (non-hydrogen) atoms. The summed E-state index contributed by atoms with van der Waals surface area (Å²) >= 11 is 3.10. The van der Waals surface area contributed by atoms with Crippen molar-refractivity contribution in [2.75, 3.05) is 24.7 Å². The second kappa shape index (κ2) is 5.54. The predicted molar refractivity (Wildman–Crippen MR) is 77.4 cm³/mol. The average Bonchev–Trinajstić information content (AvgIpc) is 3.16. The second-order valence-corrected chi connectivity index (χ2v) is 6.75. The van der Waals surface area contributed by atoms with E-state index in [9.17, 15) is 9.59 Å². The Morgan fingerprint density at radius 3 is 2.74 bits per heavy atom. The number of hydrogen-bond acceptors (Lipinski definition) is 4. The molecule has 3 rings (SSSR count). The van der Waals surface area contributed by atoms with Gasteiger partial charge in [0.1, 0.15) is 6.04 Å². The number of likely N-dealkylation sites (tertiary alicyclic amines) is 1. The summed E-state index contributed by atoms with van der Waals surface area (Å²) in [5, 5.41) is 1.90. The number of carbonyl (C=O) groups is 2. The summed E-state index contributed by atoms with van der Waals surface area (Å²) in [4.78, 5) is 29.2. The molecule has 102 valence electrons. The second-order valence-electron chi connectivity index (χ2n) is 4.80. The van der Waals surface area contributed by atoms with Crippen molar-refractivity contribution in [2.24, 2.45) is 0 Å². The highest BCUT2D eigenvalue weighted by Gasteiger charge is 2.38. The van der Waals surface area contributed by atoms with Crippen molar-refractivity contribution in [1.82, 2.24) is 9.80 Å². The van der Waals surface area contributed by atoms with Crippen molar-refractivity contribution in [3.63, 3.8) is 0 Å². The third-order valence-corrected chi connectivity index (χ3v) is 5.45. The van der Waals surface area contributed by atoms with Crippen LogP contribution in [0.15, 0.2) is 17.5 Å². The standard InChI is InChI=1S/C13H16N2O2S2/c16-12(14-5-1-2-6-14)10-8-18-9-15(10)13(17)11-4-3-7-19-11/h3-4,7,10H,1-2,5-6,8-9H2. The van der Waals surface area contributed by atoms with Gasteiger partial charge in [0.25, 0.3) is 5.91 Å². The molecule has 0 saturated carbocycles. The van der Waals surface area contributed by atoms with Crippen molar-refractivity contribution in [2.45, 2.75) is 18.9 Å². The Balaban J connectivity index is 1.74. The molecule has 2 aliphatic heterocycles. The topological polar surface area (TPSA) is 40.6 Å². The fraction of sp³-hybridized carbons (Fsp3) is 0.538. The molecular formula is C13H16N2O2S2. The molecule has 3 heterocycles. The Bertz CT molecular complexity index is 469. The first kappa shape index (κ1) is 13.0. The van der Waals surface area contributed by atoms with Crippen LogP contribution in [0, 0.1) is 0 Å². The number of thiophene rings is 1. The van der Waals surface area contributed by atoms with E-state index in [0.29, 0.717) is 5.88 Å². The zero-order chi connectivity index (χ0) is 13.2. The molecule has 0 aliphatic carbocycles. The largest absolute Gasteiger partial charge is 0.341 e. The summed E-state index contributed by atoms with van der Waals surface area (Å²) in [6.45, 7) is 1.70. The Hall–Kier alpha value is -1.01. The van der Waals surface area contributed by atoms with E-state index in [1.165, 1.54) is 11.3 Å². The van der Waals surface area contributed by atoms with Gasteiger partial charge >= 0.3 is 0 Å². The number of nitrogens with zero attached hydrogens (tertiary/aromatic N) is 2. The molecule has 4 nitrogen and oxygen atoms in total. The molecule has 0 radical (unpaired) electrons. The van der Waals surface area contributed by atoms with Crippen LogP contribution in [0.5, 0.6) is 0 Å². The van der Waals surface area contributed by atoms with Crippen LogP contribution in [0.2, 0.25) is 0 Å². The number of hydrogen-bond donors (Lipinski definition) is 0. The Kier molecular flexibility index (Phi) is 3.79. The lowest BCUT2D eigenvalue weighted by Crippen LogP contribution is -2.48. The number of thioether (sulfide) groups is 1. The summed E-state index contributed by atoms with van der Waals surface area (Å²) in [7, 11) is 0. The average molecular weight is 296 g/mol. The van der Waals surface area contributed by atoms with Crippen LogP contribution >= 0.6 is 23.1 Å². The van der Waals surface area contributed by atoms with Gasteiger partial charge in [-0.25, -0.2) is 0 Å². The van der Waals surface area contributed by atoms with Crippen LogP contribution in [0.4, 0.5) is 0 Å². The van der Waals surface area contributed by atoms with E-state index in [-0.39, 0.29) is 17.9 Å². The predicted octanol–water partition coefficient (Wildman–Crippen LogP) is 1.89. The molecule has 0 N–H and O–H groups in total. The van der Waals surface area contributed by atoms with Gasteiger partial charge in [0.2, 0.25) is 5.91 Å². The zero-order valence-corrected chi connectivity index (χ0v) is 12.2. The van der Waals surface area contributed by atoms with Gasteiger partial charge in [-0.05, 0) is 24.3 Å². The number of amides is 2. The lowest BCUT2D eigenvalue weighted by Gasteiger charge is -2.26. The van der Waals surface area contributed by atoms with Gasteiger partial charge in [0, 0.05) is 18.8 Å². The van der Waals surface area contributed by atoms with E-state index in [0.717, 1.165) is 36.6 Å². The molecule has 2 saturated heterocycles. The fourth-order valence-electron chi connectivity index (χ4n) is 2.54. The van der Waals surface area contributed by atoms with Gasteiger partial charge in [0.15, 0.2) is 0 Å². The molecule has 1 unspecified atom stereocenters. The Morgan fingerprint density at radius 1 is 1.26 bits per heavy atom. The van der Waals surface area contributed by atoms with E-state index in [2.05, 4.69) is 0 Å². The molecule has 2 fully saturated rings. The normalized spacial score (nSPS) is 23.1. The number of carbonyl (C=O) groups excluding carboxylic acids is 2. The van der Waals surface area contributed by atoms with Crippen molar-refractivity contribution in [3.05, 3.63) is 22.4 Å².